The van der Waals surface area contributed by atoms with Crippen LogP contribution in [0.2, 0.25) is 0 Å². The van der Waals surface area contributed by atoms with Crippen LogP contribution in [0, 0.1) is 0 Å². The van der Waals surface area contributed by atoms with E-state index in [0.717, 1.165) is 6.42 Å². The molecular weight excluding hydrogens is 262 g/mol. The zero-order valence-corrected chi connectivity index (χ0v) is 11.8. The van der Waals surface area contributed by atoms with Crippen LogP contribution in [0.3, 0.4) is 0 Å². The van der Waals surface area contributed by atoms with Crippen LogP contribution >= 0.6 is 22.9 Å². The number of hydrogen-bond acceptors (Lipinski definition) is 2. The standard InChI is InChI=1S/C15H16ClNS/c16-11-15(10-14-17-8-9-18-14)7-3-5-12-4-1-2-6-13(12)15/h1-2,4,6,8-9H,3,5,7,10-11H2. The maximum absolute atomic E-state index is 6.36. The molecule has 1 aromatic heterocycles. The Balaban J connectivity index is 2.02. The van der Waals surface area contributed by atoms with Crippen LogP contribution in [0.4, 0.5) is 0 Å². The minimum absolute atomic E-state index is 0.0915. The molecule has 0 fully saturated rings. The van der Waals surface area contributed by atoms with E-state index >= 15 is 0 Å². The molecule has 0 aliphatic heterocycles. The Bertz CT molecular complexity index is 523. The van der Waals surface area contributed by atoms with Crippen LogP contribution in [0.5, 0.6) is 0 Å². The molecule has 1 heterocycles. The second-order valence-corrected chi connectivity index (χ2v) is 6.27. The maximum atomic E-state index is 6.36. The molecule has 0 bridgehead atoms. The number of nitrogens with zero attached hydrogens (tertiary/aromatic N) is 1. The molecule has 0 amide bonds. The monoisotopic (exact) mass is 277 g/mol. The van der Waals surface area contributed by atoms with E-state index in [4.69, 9.17) is 11.6 Å². The SMILES string of the molecule is ClCC1(Cc2nccs2)CCCc2ccccc21. The second-order valence-electron chi connectivity index (χ2n) is 5.03. The summed E-state index contributed by atoms with van der Waals surface area (Å²) in [4.78, 5) is 4.44. The minimum atomic E-state index is 0.0915. The van der Waals surface area contributed by atoms with Gasteiger partial charge in [0, 0.05) is 29.3 Å². The quantitative estimate of drug-likeness (QED) is 0.767. The third-order valence-corrected chi connectivity index (χ3v) is 5.21. The van der Waals surface area contributed by atoms with Gasteiger partial charge < -0.3 is 0 Å². The van der Waals surface area contributed by atoms with Gasteiger partial charge in [0.25, 0.3) is 0 Å². The largest absolute Gasteiger partial charge is 0.250 e. The number of rotatable bonds is 3. The van der Waals surface area contributed by atoms with E-state index in [1.54, 1.807) is 11.3 Å². The Morgan fingerprint density at radius 1 is 1.33 bits per heavy atom. The molecule has 18 heavy (non-hydrogen) atoms. The van der Waals surface area contributed by atoms with Crippen LogP contribution in [0.1, 0.15) is 29.0 Å². The minimum Gasteiger partial charge on any atom is -0.250 e. The number of halogens is 1. The van der Waals surface area contributed by atoms with Crippen molar-refractivity contribution >= 4 is 22.9 Å². The first-order valence-corrected chi connectivity index (χ1v) is 7.78. The third kappa shape index (κ3) is 2.08. The zero-order chi connectivity index (χ0) is 12.4. The van der Waals surface area contributed by atoms with Crippen molar-refractivity contribution in [3.63, 3.8) is 0 Å². The molecule has 1 aliphatic carbocycles. The molecule has 0 saturated heterocycles. The zero-order valence-electron chi connectivity index (χ0n) is 10.2. The van der Waals surface area contributed by atoms with Crippen molar-refractivity contribution in [2.24, 2.45) is 0 Å². The van der Waals surface area contributed by atoms with E-state index in [0.29, 0.717) is 5.88 Å². The predicted octanol–water partition coefficient (Wildman–Crippen LogP) is 4.20. The van der Waals surface area contributed by atoms with E-state index in [9.17, 15) is 0 Å². The van der Waals surface area contributed by atoms with E-state index in [1.165, 1.54) is 35.4 Å². The Hall–Kier alpha value is -0.860. The molecule has 1 unspecified atom stereocenters. The van der Waals surface area contributed by atoms with Gasteiger partial charge in [-0.2, -0.15) is 0 Å². The summed E-state index contributed by atoms with van der Waals surface area (Å²) >= 11 is 8.09. The molecule has 3 rings (SSSR count). The molecule has 1 aromatic carbocycles. The fourth-order valence-corrected chi connectivity index (χ4v) is 4.14. The highest BCUT2D eigenvalue weighted by Gasteiger charge is 2.36. The average Bonchev–Trinajstić information content (AvgIpc) is 2.92. The molecule has 3 heteroatoms. The summed E-state index contributed by atoms with van der Waals surface area (Å²) in [6.07, 6.45) is 6.46. The number of fused-ring (bicyclic) bond motifs is 1. The van der Waals surface area contributed by atoms with Crippen molar-refractivity contribution in [3.05, 3.63) is 52.0 Å². The fourth-order valence-electron chi connectivity index (χ4n) is 3.01. The van der Waals surface area contributed by atoms with Gasteiger partial charge in [0.2, 0.25) is 0 Å². The first-order valence-electron chi connectivity index (χ1n) is 6.37. The summed E-state index contributed by atoms with van der Waals surface area (Å²) in [6.45, 7) is 0. The molecule has 2 aromatic rings. The van der Waals surface area contributed by atoms with E-state index < -0.39 is 0 Å². The number of alkyl halides is 1. The lowest BCUT2D eigenvalue weighted by Gasteiger charge is -2.37. The first-order chi connectivity index (χ1) is 8.84. The molecule has 0 N–H and O–H groups in total. The van der Waals surface area contributed by atoms with Gasteiger partial charge in [-0.15, -0.1) is 22.9 Å². The molecule has 1 atom stereocenters. The highest BCUT2D eigenvalue weighted by molar-refractivity contribution is 7.09. The van der Waals surface area contributed by atoms with Gasteiger partial charge in [-0.25, -0.2) is 4.98 Å². The van der Waals surface area contributed by atoms with Crippen molar-refractivity contribution in [1.82, 2.24) is 4.98 Å². The third-order valence-electron chi connectivity index (χ3n) is 3.92. The highest BCUT2D eigenvalue weighted by Crippen LogP contribution is 2.41. The Morgan fingerprint density at radius 2 is 2.22 bits per heavy atom. The summed E-state index contributed by atoms with van der Waals surface area (Å²) in [5.41, 5.74) is 3.01. The van der Waals surface area contributed by atoms with Crippen LogP contribution in [0.25, 0.3) is 0 Å². The van der Waals surface area contributed by atoms with E-state index in [2.05, 4.69) is 29.2 Å². The number of thiazole rings is 1. The summed E-state index contributed by atoms with van der Waals surface area (Å²) in [6, 6.07) is 8.77. The second kappa shape index (κ2) is 5.02. The topological polar surface area (TPSA) is 12.9 Å². The fraction of sp³-hybridized carbons (Fsp3) is 0.400. The predicted molar refractivity (Wildman–Crippen MR) is 77.6 cm³/mol. The molecule has 1 aliphatic rings. The molecule has 0 spiro atoms. The summed E-state index contributed by atoms with van der Waals surface area (Å²) in [5, 5.41) is 3.25. The van der Waals surface area contributed by atoms with Crippen molar-refractivity contribution in [2.75, 3.05) is 5.88 Å². The van der Waals surface area contributed by atoms with Crippen LogP contribution in [-0.4, -0.2) is 10.9 Å². The molecular formula is C15H16ClNS. The van der Waals surface area contributed by atoms with Gasteiger partial charge in [0.05, 0.1) is 5.01 Å². The van der Waals surface area contributed by atoms with Gasteiger partial charge in [-0.05, 0) is 30.4 Å². The molecule has 0 saturated carbocycles. The Labute approximate surface area is 117 Å². The summed E-state index contributed by atoms with van der Waals surface area (Å²) in [7, 11) is 0. The number of benzene rings is 1. The Morgan fingerprint density at radius 3 is 3.00 bits per heavy atom. The molecule has 1 nitrogen and oxygen atoms in total. The first kappa shape index (κ1) is 12.2. The normalized spacial score (nSPS) is 22.7. The van der Waals surface area contributed by atoms with Crippen LogP contribution in [-0.2, 0) is 18.3 Å². The number of aryl methyl sites for hydroxylation is 1. The average molecular weight is 278 g/mol. The van der Waals surface area contributed by atoms with Gasteiger partial charge in [-0.1, -0.05) is 24.3 Å². The van der Waals surface area contributed by atoms with Crippen molar-refractivity contribution in [2.45, 2.75) is 31.1 Å². The lowest BCUT2D eigenvalue weighted by molar-refractivity contribution is 0.396. The molecule has 94 valence electrons. The smallest absolute Gasteiger partial charge is 0.0934 e. The maximum Gasteiger partial charge on any atom is 0.0934 e. The summed E-state index contributed by atoms with van der Waals surface area (Å²) < 4.78 is 0. The lowest BCUT2D eigenvalue weighted by atomic mass is 9.69. The van der Waals surface area contributed by atoms with E-state index in [1.807, 2.05) is 11.6 Å². The van der Waals surface area contributed by atoms with Crippen molar-refractivity contribution in [3.8, 4) is 0 Å². The molecule has 0 radical (unpaired) electrons. The Kier molecular flexibility index (Phi) is 3.40. The van der Waals surface area contributed by atoms with Crippen LogP contribution in [0.15, 0.2) is 35.8 Å². The van der Waals surface area contributed by atoms with E-state index in [-0.39, 0.29) is 5.41 Å². The lowest BCUT2D eigenvalue weighted by Crippen LogP contribution is -2.35. The number of hydrogen-bond donors (Lipinski definition) is 0. The highest BCUT2D eigenvalue weighted by atomic mass is 35.5. The van der Waals surface area contributed by atoms with Crippen LogP contribution < -0.4 is 0 Å². The summed E-state index contributed by atoms with van der Waals surface area (Å²) in [5.74, 6) is 0.684. The van der Waals surface area contributed by atoms with Crippen molar-refractivity contribution in [1.29, 1.82) is 0 Å². The number of aromatic nitrogens is 1. The van der Waals surface area contributed by atoms with Gasteiger partial charge in [-0.3, -0.25) is 0 Å². The van der Waals surface area contributed by atoms with Crippen molar-refractivity contribution < 1.29 is 0 Å². The van der Waals surface area contributed by atoms with Gasteiger partial charge >= 0.3 is 0 Å². The van der Waals surface area contributed by atoms with Gasteiger partial charge in [0.15, 0.2) is 0 Å². The van der Waals surface area contributed by atoms with Gasteiger partial charge in [0.1, 0.15) is 0 Å².